The summed E-state index contributed by atoms with van der Waals surface area (Å²) in [6.45, 7) is 0. The van der Waals surface area contributed by atoms with Crippen LogP contribution in [0.25, 0.3) is 23.0 Å². The van der Waals surface area contributed by atoms with Crippen LogP contribution in [0.4, 0.5) is 0 Å². The molecule has 0 aliphatic carbocycles. The van der Waals surface area contributed by atoms with E-state index in [1.165, 1.54) is 24.3 Å². The van der Waals surface area contributed by atoms with Gasteiger partial charge in [-0.05, 0) is 36.4 Å². The van der Waals surface area contributed by atoms with E-state index in [1.54, 1.807) is 30.5 Å². The lowest BCUT2D eigenvalue weighted by atomic mass is 10.2. The van der Waals surface area contributed by atoms with Gasteiger partial charge in [0.05, 0.1) is 11.1 Å². The Morgan fingerprint density at radius 3 is 2.34 bits per heavy atom. The first-order chi connectivity index (χ1) is 13.8. The molecule has 29 heavy (non-hydrogen) atoms. The number of nitrogens with zero attached hydrogens (tertiary/aromatic N) is 3. The minimum Gasteiger partial charge on any atom is -0.442 e. The predicted octanol–water partition coefficient (Wildman–Crippen LogP) is 4.95. The summed E-state index contributed by atoms with van der Waals surface area (Å²) in [6, 6.07) is 14.2. The Morgan fingerprint density at radius 1 is 1.07 bits per heavy atom. The standard InChI is InChI=1S/C20H16ClN3O3S2/c1-24-18(19-22-11-12-27-19)23-17(13-3-9-16(10-4-13)29(2,25)26)20(24)28-15-7-5-14(21)6-8-15/h3-12H,1-2H3. The second-order valence-corrected chi connectivity index (χ2v) is 9.85. The van der Waals surface area contributed by atoms with E-state index in [0.29, 0.717) is 22.4 Å². The molecule has 4 rings (SSSR count). The fourth-order valence-electron chi connectivity index (χ4n) is 2.79. The first kappa shape index (κ1) is 19.8. The molecule has 0 fully saturated rings. The molecular weight excluding hydrogens is 430 g/mol. The van der Waals surface area contributed by atoms with Gasteiger partial charge in [-0.3, -0.25) is 0 Å². The van der Waals surface area contributed by atoms with Crippen molar-refractivity contribution in [2.45, 2.75) is 14.8 Å². The molecule has 2 heterocycles. The van der Waals surface area contributed by atoms with Crippen molar-refractivity contribution in [1.82, 2.24) is 14.5 Å². The average molecular weight is 446 g/mol. The Labute approximate surface area is 177 Å². The molecule has 2 aromatic heterocycles. The lowest BCUT2D eigenvalue weighted by Crippen LogP contribution is -1.96. The molecule has 0 bridgehead atoms. The molecule has 0 aliphatic heterocycles. The number of oxazole rings is 1. The summed E-state index contributed by atoms with van der Waals surface area (Å²) in [6.07, 6.45) is 4.25. The molecule has 0 N–H and O–H groups in total. The van der Waals surface area contributed by atoms with E-state index in [9.17, 15) is 8.42 Å². The molecule has 9 heteroatoms. The van der Waals surface area contributed by atoms with Gasteiger partial charge in [-0.15, -0.1) is 0 Å². The quantitative estimate of drug-likeness (QED) is 0.432. The van der Waals surface area contributed by atoms with Gasteiger partial charge in [-0.25, -0.2) is 18.4 Å². The number of imidazole rings is 1. The summed E-state index contributed by atoms with van der Waals surface area (Å²) in [5.74, 6) is 0.984. The monoisotopic (exact) mass is 445 g/mol. The van der Waals surface area contributed by atoms with Gasteiger partial charge in [0.2, 0.25) is 0 Å². The fourth-order valence-corrected chi connectivity index (χ4v) is 4.52. The van der Waals surface area contributed by atoms with Crippen LogP contribution in [-0.4, -0.2) is 29.2 Å². The molecule has 6 nitrogen and oxygen atoms in total. The molecule has 0 unspecified atom stereocenters. The molecular formula is C20H16ClN3O3S2. The Kier molecular flexibility index (Phi) is 5.24. The summed E-state index contributed by atoms with van der Waals surface area (Å²) in [7, 11) is -1.38. The summed E-state index contributed by atoms with van der Waals surface area (Å²) in [5, 5.41) is 1.53. The maximum absolute atomic E-state index is 11.8. The largest absolute Gasteiger partial charge is 0.442 e. The maximum Gasteiger partial charge on any atom is 0.263 e. The highest BCUT2D eigenvalue weighted by molar-refractivity contribution is 7.99. The lowest BCUT2D eigenvalue weighted by molar-refractivity contribution is 0.564. The molecule has 4 aromatic rings. The predicted molar refractivity (Wildman–Crippen MR) is 113 cm³/mol. The van der Waals surface area contributed by atoms with Crippen LogP contribution in [0.3, 0.4) is 0 Å². The second-order valence-electron chi connectivity index (χ2n) is 6.34. The SMILES string of the molecule is Cn1c(-c2ncco2)nc(-c2ccc(S(C)(=O)=O)cc2)c1Sc1ccc(Cl)cc1. The first-order valence-electron chi connectivity index (χ1n) is 8.53. The van der Waals surface area contributed by atoms with E-state index < -0.39 is 9.84 Å². The second kappa shape index (κ2) is 7.70. The van der Waals surface area contributed by atoms with Crippen LogP contribution in [0.1, 0.15) is 0 Å². The van der Waals surface area contributed by atoms with Crippen molar-refractivity contribution in [2.24, 2.45) is 7.05 Å². The van der Waals surface area contributed by atoms with Crippen LogP contribution in [-0.2, 0) is 16.9 Å². The number of hydrogen-bond donors (Lipinski definition) is 0. The number of sulfone groups is 1. The fraction of sp³-hybridized carbons (Fsp3) is 0.100. The van der Waals surface area contributed by atoms with Crippen molar-refractivity contribution in [3.63, 3.8) is 0 Å². The zero-order valence-electron chi connectivity index (χ0n) is 15.5. The van der Waals surface area contributed by atoms with E-state index in [-0.39, 0.29) is 4.90 Å². The van der Waals surface area contributed by atoms with Gasteiger partial charge in [0, 0.05) is 28.8 Å². The first-order valence-corrected chi connectivity index (χ1v) is 11.6. The molecule has 0 amide bonds. The summed E-state index contributed by atoms with van der Waals surface area (Å²) in [5.41, 5.74) is 1.50. The molecule has 0 aliphatic rings. The van der Waals surface area contributed by atoms with E-state index in [0.717, 1.165) is 15.5 Å². The van der Waals surface area contributed by atoms with Crippen LogP contribution >= 0.6 is 23.4 Å². The van der Waals surface area contributed by atoms with E-state index in [4.69, 9.17) is 21.0 Å². The minimum atomic E-state index is -3.27. The van der Waals surface area contributed by atoms with E-state index in [2.05, 4.69) is 4.98 Å². The van der Waals surface area contributed by atoms with Crippen LogP contribution < -0.4 is 0 Å². The van der Waals surface area contributed by atoms with Gasteiger partial charge in [0.1, 0.15) is 17.0 Å². The zero-order valence-corrected chi connectivity index (χ0v) is 17.9. The van der Waals surface area contributed by atoms with Gasteiger partial charge in [0.25, 0.3) is 5.89 Å². The van der Waals surface area contributed by atoms with Crippen molar-refractivity contribution < 1.29 is 12.8 Å². The number of hydrogen-bond acceptors (Lipinski definition) is 6. The maximum atomic E-state index is 11.8. The highest BCUT2D eigenvalue weighted by atomic mass is 35.5. The molecule has 0 saturated carbocycles. The lowest BCUT2D eigenvalue weighted by Gasteiger charge is -2.07. The minimum absolute atomic E-state index is 0.261. The number of aromatic nitrogens is 3. The molecule has 0 radical (unpaired) electrons. The highest BCUT2D eigenvalue weighted by Gasteiger charge is 2.21. The van der Waals surface area contributed by atoms with Gasteiger partial charge >= 0.3 is 0 Å². The van der Waals surface area contributed by atoms with Gasteiger partial charge < -0.3 is 8.98 Å². The van der Waals surface area contributed by atoms with Crippen molar-refractivity contribution >= 4 is 33.2 Å². The van der Waals surface area contributed by atoms with Crippen LogP contribution in [0.2, 0.25) is 5.02 Å². The number of rotatable bonds is 5. The van der Waals surface area contributed by atoms with Crippen LogP contribution in [0.15, 0.2) is 80.2 Å². The highest BCUT2D eigenvalue weighted by Crippen LogP contribution is 2.38. The van der Waals surface area contributed by atoms with Gasteiger partial charge in [-0.1, -0.05) is 35.5 Å². The molecule has 2 aromatic carbocycles. The zero-order chi connectivity index (χ0) is 20.6. The van der Waals surface area contributed by atoms with Crippen LogP contribution in [0, 0.1) is 0 Å². The third-order valence-corrected chi connectivity index (χ3v) is 6.80. The summed E-state index contributed by atoms with van der Waals surface area (Å²) in [4.78, 5) is 10.2. The molecule has 0 saturated heterocycles. The van der Waals surface area contributed by atoms with Crippen molar-refractivity contribution in [3.05, 3.63) is 66.0 Å². The van der Waals surface area contributed by atoms with Crippen LogP contribution in [0.5, 0.6) is 0 Å². The van der Waals surface area contributed by atoms with E-state index >= 15 is 0 Å². The number of halogens is 1. The Hall–Kier alpha value is -2.55. The number of benzene rings is 2. The van der Waals surface area contributed by atoms with E-state index in [1.807, 2.05) is 35.9 Å². The van der Waals surface area contributed by atoms with Crippen molar-refractivity contribution in [3.8, 4) is 23.0 Å². The third kappa shape index (κ3) is 4.10. The molecule has 148 valence electrons. The summed E-state index contributed by atoms with van der Waals surface area (Å²) >= 11 is 7.53. The topological polar surface area (TPSA) is 78.0 Å². The average Bonchev–Trinajstić information content (AvgIpc) is 3.32. The normalized spacial score (nSPS) is 11.7. The Balaban J connectivity index is 1.83. The van der Waals surface area contributed by atoms with Gasteiger partial charge in [0.15, 0.2) is 15.7 Å². The smallest absolute Gasteiger partial charge is 0.263 e. The Bertz CT molecular complexity index is 1250. The van der Waals surface area contributed by atoms with Crippen molar-refractivity contribution in [2.75, 3.05) is 6.26 Å². The summed E-state index contributed by atoms with van der Waals surface area (Å²) < 4.78 is 30.9. The Morgan fingerprint density at radius 2 is 1.76 bits per heavy atom. The third-order valence-electron chi connectivity index (χ3n) is 4.25. The molecule has 0 atom stereocenters. The van der Waals surface area contributed by atoms with Gasteiger partial charge in [-0.2, -0.15) is 0 Å². The molecule has 0 spiro atoms. The van der Waals surface area contributed by atoms with Crippen molar-refractivity contribution in [1.29, 1.82) is 0 Å².